The van der Waals surface area contributed by atoms with E-state index in [1.165, 1.54) is 0 Å². The van der Waals surface area contributed by atoms with Gasteiger partial charge in [-0.15, -0.1) is 0 Å². The van der Waals surface area contributed by atoms with Crippen LogP contribution in [0.25, 0.3) is 0 Å². The van der Waals surface area contributed by atoms with Gasteiger partial charge in [0, 0.05) is 25.0 Å². The minimum Gasteiger partial charge on any atom is -0.453 e. The van der Waals surface area contributed by atoms with Gasteiger partial charge in [-0.3, -0.25) is 4.79 Å². The normalized spacial score (nSPS) is 22.0. The summed E-state index contributed by atoms with van der Waals surface area (Å²) in [7, 11) is 0. The van der Waals surface area contributed by atoms with Crippen LogP contribution >= 0.6 is 15.9 Å². The first-order chi connectivity index (χ1) is 9.63. The van der Waals surface area contributed by atoms with Crippen LogP contribution in [0.3, 0.4) is 0 Å². The molecule has 0 bridgehead atoms. The third kappa shape index (κ3) is 3.26. The summed E-state index contributed by atoms with van der Waals surface area (Å²) < 4.78 is 6.34. The molecule has 1 aliphatic carbocycles. The Morgan fingerprint density at radius 2 is 2.05 bits per heavy atom. The Morgan fingerprint density at radius 1 is 1.35 bits per heavy atom. The Bertz CT molecular complexity index is 476. The number of hydrogen-bond acceptors (Lipinski definition) is 3. The Kier molecular flexibility index (Phi) is 4.17. The van der Waals surface area contributed by atoms with Crippen molar-refractivity contribution in [3.8, 4) is 0 Å². The SMILES string of the molecule is CC(NC1CCN(C(=O)C2CC2)CC1)c1ccc(Br)o1. The van der Waals surface area contributed by atoms with Crippen molar-refractivity contribution in [2.75, 3.05) is 13.1 Å². The molecular formula is C15H21BrN2O2. The van der Waals surface area contributed by atoms with Crippen molar-refractivity contribution < 1.29 is 9.21 Å². The number of hydrogen-bond donors (Lipinski definition) is 1. The number of rotatable bonds is 4. The summed E-state index contributed by atoms with van der Waals surface area (Å²) in [6.07, 6.45) is 4.26. The molecule has 110 valence electrons. The van der Waals surface area contributed by atoms with Crippen molar-refractivity contribution in [3.63, 3.8) is 0 Å². The molecule has 20 heavy (non-hydrogen) atoms. The molecular weight excluding hydrogens is 320 g/mol. The number of nitrogens with one attached hydrogen (secondary N) is 1. The lowest BCUT2D eigenvalue weighted by atomic mass is 10.0. The van der Waals surface area contributed by atoms with Crippen molar-refractivity contribution in [2.45, 2.75) is 44.7 Å². The number of piperidine rings is 1. The smallest absolute Gasteiger partial charge is 0.225 e. The van der Waals surface area contributed by atoms with Crippen LogP contribution in [0, 0.1) is 5.92 Å². The number of halogens is 1. The van der Waals surface area contributed by atoms with Crippen LogP contribution in [0.1, 0.15) is 44.4 Å². The monoisotopic (exact) mass is 340 g/mol. The van der Waals surface area contributed by atoms with Gasteiger partial charge >= 0.3 is 0 Å². The summed E-state index contributed by atoms with van der Waals surface area (Å²) in [5.74, 6) is 1.68. The summed E-state index contributed by atoms with van der Waals surface area (Å²) in [5.41, 5.74) is 0. The molecule has 1 amide bonds. The molecule has 0 aromatic carbocycles. The van der Waals surface area contributed by atoms with E-state index in [1.54, 1.807) is 0 Å². The van der Waals surface area contributed by atoms with Crippen molar-refractivity contribution in [1.29, 1.82) is 0 Å². The van der Waals surface area contributed by atoms with Gasteiger partial charge in [0.05, 0.1) is 6.04 Å². The highest BCUT2D eigenvalue weighted by Gasteiger charge is 2.35. The molecule has 0 radical (unpaired) electrons. The molecule has 2 fully saturated rings. The Balaban J connectivity index is 1.47. The highest BCUT2D eigenvalue weighted by atomic mass is 79.9. The average Bonchev–Trinajstić information content (AvgIpc) is 3.20. The van der Waals surface area contributed by atoms with E-state index in [2.05, 4.69) is 28.2 Å². The summed E-state index contributed by atoms with van der Waals surface area (Å²) in [5, 5.41) is 3.60. The fourth-order valence-electron chi connectivity index (χ4n) is 2.85. The van der Waals surface area contributed by atoms with Crippen LogP contribution in [0.5, 0.6) is 0 Å². The van der Waals surface area contributed by atoms with Crippen molar-refractivity contribution >= 4 is 21.8 Å². The summed E-state index contributed by atoms with van der Waals surface area (Å²) in [4.78, 5) is 14.0. The molecule has 5 heteroatoms. The minimum atomic E-state index is 0.206. The van der Waals surface area contributed by atoms with E-state index in [9.17, 15) is 4.79 Å². The predicted molar refractivity (Wildman–Crippen MR) is 80.3 cm³/mol. The third-order valence-corrected chi connectivity index (χ3v) is 4.67. The molecule has 2 aliphatic rings. The zero-order valence-electron chi connectivity index (χ0n) is 11.8. The van der Waals surface area contributed by atoms with Crippen LogP contribution < -0.4 is 5.32 Å². The van der Waals surface area contributed by atoms with Crippen LogP contribution in [0.4, 0.5) is 0 Å². The highest BCUT2D eigenvalue weighted by molar-refractivity contribution is 9.10. The van der Waals surface area contributed by atoms with Gasteiger partial charge in [0.1, 0.15) is 5.76 Å². The van der Waals surface area contributed by atoms with E-state index in [-0.39, 0.29) is 6.04 Å². The second-order valence-electron chi connectivity index (χ2n) is 5.90. The predicted octanol–water partition coefficient (Wildman–Crippen LogP) is 3.09. The fraction of sp³-hybridized carbons (Fsp3) is 0.667. The zero-order chi connectivity index (χ0) is 14.1. The van der Waals surface area contributed by atoms with Gasteiger partial charge in [0.15, 0.2) is 4.67 Å². The molecule has 1 atom stereocenters. The molecule has 1 aromatic heterocycles. The standard InChI is InChI=1S/C15H21BrN2O2/c1-10(13-4-5-14(16)20-13)17-12-6-8-18(9-7-12)15(19)11-2-3-11/h4-5,10-12,17H,2-3,6-9H2,1H3. The van der Waals surface area contributed by atoms with Gasteiger partial charge in [-0.25, -0.2) is 0 Å². The Labute approximate surface area is 128 Å². The first-order valence-electron chi connectivity index (χ1n) is 7.43. The molecule has 1 aliphatic heterocycles. The molecule has 0 spiro atoms. The van der Waals surface area contributed by atoms with Crippen molar-refractivity contribution in [3.05, 3.63) is 22.6 Å². The average molecular weight is 341 g/mol. The van der Waals surface area contributed by atoms with Gasteiger partial charge in [0.2, 0.25) is 5.91 Å². The molecule has 1 N–H and O–H groups in total. The van der Waals surface area contributed by atoms with Gasteiger partial charge < -0.3 is 14.6 Å². The molecule has 4 nitrogen and oxygen atoms in total. The maximum atomic E-state index is 12.0. The minimum absolute atomic E-state index is 0.206. The van der Waals surface area contributed by atoms with Gasteiger partial charge in [-0.05, 0) is 60.7 Å². The van der Waals surface area contributed by atoms with Crippen LogP contribution in [-0.4, -0.2) is 29.9 Å². The van der Waals surface area contributed by atoms with Gasteiger partial charge in [0.25, 0.3) is 0 Å². The molecule has 1 unspecified atom stereocenters. The van der Waals surface area contributed by atoms with E-state index in [1.807, 2.05) is 17.0 Å². The summed E-state index contributed by atoms with van der Waals surface area (Å²) in [6.45, 7) is 3.90. The lowest BCUT2D eigenvalue weighted by Gasteiger charge is -2.33. The maximum absolute atomic E-state index is 12.0. The molecule has 3 rings (SSSR count). The van der Waals surface area contributed by atoms with E-state index < -0.39 is 0 Å². The van der Waals surface area contributed by atoms with E-state index >= 15 is 0 Å². The number of nitrogens with zero attached hydrogens (tertiary/aromatic N) is 1. The fourth-order valence-corrected chi connectivity index (χ4v) is 3.17. The van der Waals surface area contributed by atoms with Gasteiger partial charge in [-0.2, -0.15) is 0 Å². The van der Waals surface area contributed by atoms with E-state index in [0.717, 1.165) is 49.2 Å². The van der Waals surface area contributed by atoms with Crippen LogP contribution in [0.15, 0.2) is 21.2 Å². The maximum Gasteiger partial charge on any atom is 0.225 e. The first kappa shape index (κ1) is 14.1. The van der Waals surface area contributed by atoms with E-state index in [4.69, 9.17) is 4.42 Å². The van der Waals surface area contributed by atoms with Crippen LogP contribution in [-0.2, 0) is 4.79 Å². The number of carbonyl (C=O) groups excluding carboxylic acids is 1. The van der Waals surface area contributed by atoms with E-state index in [0.29, 0.717) is 17.9 Å². The molecule has 1 saturated heterocycles. The Morgan fingerprint density at radius 3 is 2.60 bits per heavy atom. The molecule has 1 saturated carbocycles. The van der Waals surface area contributed by atoms with Crippen molar-refractivity contribution in [2.24, 2.45) is 5.92 Å². The first-order valence-corrected chi connectivity index (χ1v) is 8.23. The van der Waals surface area contributed by atoms with Crippen LogP contribution in [0.2, 0.25) is 0 Å². The number of furan rings is 1. The Hall–Kier alpha value is -0.810. The van der Waals surface area contributed by atoms with Gasteiger partial charge in [-0.1, -0.05) is 0 Å². The highest BCUT2D eigenvalue weighted by Crippen LogP contribution is 2.32. The second-order valence-corrected chi connectivity index (χ2v) is 6.69. The quantitative estimate of drug-likeness (QED) is 0.915. The number of amides is 1. The topological polar surface area (TPSA) is 45.5 Å². The zero-order valence-corrected chi connectivity index (χ0v) is 13.4. The lowest BCUT2D eigenvalue weighted by Crippen LogP contribution is -2.45. The number of carbonyl (C=O) groups is 1. The van der Waals surface area contributed by atoms with Crippen molar-refractivity contribution in [1.82, 2.24) is 10.2 Å². The molecule has 2 heterocycles. The summed E-state index contributed by atoms with van der Waals surface area (Å²) >= 11 is 3.33. The molecule has 1 aromatic rings. The second kappa shape index (κ2) is 5.90. The third-order valence-electron chi connectivity index (χ3n) is 4.24. The number of likely N-dealkylation sites (tertiary alicyclic amines) is 1. The summed E-state index contributed by atoms with van der Waals surface area (Å²) in [6, 6.07) is 4.59. The lowest BCUT2D eigenvalue weighted by molar-refractivity contribution is -0.133. The largest absolute Gasteiger partial charge is 0.453 e.